The second-order valence-corrected chi connectivity index (χ2v) is 6.11. The lowest BCUT2D eigenvalue weighted by molar-refractivity contribution is 0.461. The van der Waals surface area contributed by atoms with Crippen molar-refractivity contribution in [2.75, 3.05) is 6.16 Å². The molecule has 1 atom stereocenters. The van der Waals surface area contributed by atoms with Gasteiger partial charge in [-0.2, -0.15) is 0 Å². The molecule has 0 nitrogen and oxygen atoms in total. The zero-order chi connectivity index (χ0) is 14.0. The molecule has 0 spiro atoms. The fraction of sp³-hybridized carbons (Fsp3) is 0.368. The van der Waals surface area contributed by atoms with Gasteiger partial charge >= 0.3 is 0 Å². The van der Waals surface area contributed by atoms with E-state index in [4.69, 9.17) is 0 Å². The first-order valence-electron chi connectivity index (χ1n) is 7.66. The zero-order valence-corrected chi connectivity index (χ0v) is 13.3. The Balaban J connectivity index is 1.96. The van der Waals surface area contributed by atoms with Gasteiger partial charge < -0.3 is 0 Å². The molecule has 0 aliphatic heterocycles. The summed E-state index contributed by atoms with van der Waals surface area (Å²) >= 11 is 0. The average molecular weight is 284 g/mol. The van der Waals surface area contributed by atoms with Crippen LogP contribution in [0, 0.1) is 5.92 Å². The number of rotatable bonds is 8. The summed E-state index contributed by atoms with van der Waals surface area (Å²) in [4.78, 5) is 0. The Hall–Kier alpha value is -1.13. The molecule has 2 rings (SSSR count). The third kappa shape index (κ3) is 5.47. The predicted octanol–water partition coefficient (Wildman–Crippen LogP) is 5.13. The second kappa shape index (κ2) is 8.93. The lowest BCUT2D eigenvalue weighted by Gasteiger charge is -2.17. The van der Waals surface area contributed by atoms with E-state index in [0.29, 0.717) is 0 Å². The first-order chi connectivity index (χ1) is 9.88. The van der Waals surface area contributed by atoms with Crippen LogP contribution in [-0.2, 0) is 12.8 Å². The highest BCUT2D eigenvalue weighted by Crippen LogP contribution is 2.20. The van der Waals surface area contributed by atoms with Crippen LogP contribution in [0.1, 0.15) is 30.4 Å². The van der Waals surface area contributed by atoms with Crippen molar-refractivity contribution in [3.05, 3.63) is 71.8 Å². The third-order valence-electron chi connectivity index (χ3n) is 3.80. The first kappa shape index (κ1) is 15.3. The Bertz CT molecular complexity index is 422. The maximum atomic E-state index is 2.84. The maximum Gasteiger partial charge on any atom is -0.0247 e. The molecule has 0 aromatic heterocycles. The molecular formula is C19H25P. The molecule has 1 unspecified atom stereocenters. The molecule has 1 heteroatoms. The zero-order valence-electron chi connectivity index (χ0n) is 12.2. The van der Waals surface area contributed by atoms with Gasteiger partial charge in [-0.1, -0.05) is 67.1 Å². The topological polar surface area (TPSA) is 0 Å². The summed E-state index contributed by atoms with van der Waals surface area (Å²) in [5.41, 5.74) is 2.94. The van der Waals surface area contributed by atoms with Crippen molar-refractivity contribution in [1.29, 1.82) is 0 Å². The van der Waals surface area contributed by atoms with Crippen molar-refractivity contribution in [1.82, 2.24) is 0 Å². The summed E-state index contributed by atoms with van der Waals surface area (Å²) < 4.78 is 0. The first-order valence-corrected chi connectivity index (χ1v) is 8.48. The Morgan fingerprint density at radius 2 is 1.20 bits per heavy atom. The average Bonchev–Trinajstić information content (AvgIpc) is 2.49. The van der Waals surface area contributed by atoms with Crippen molar-refractivity contribution >= 4 is 9.24 Å². The molecule has 0 saturated heterocycles. The minimum atomic E-state index is 0.761. The summed E-state index contributed by atoms with van der Waals surface area (Å²) in [6, 6.07) is 21.8. The van der Waals surface area contributed by atoms with E-state index in [9.17, 15) is 0 Å². The molecule has 0 amide bonds. The Morgan fingerprint density at radius 1 is 0.700 bits per heavy atom. The molecule has 20 heavy (non-hydrogen) atoms. The fourth-order valence-electron chi connectivity index (χ4n) is 2.75. The Labute approximate surface area is 125 Å². The lowest BCUT2D eigenvalue weighted by atomic mass is 9.88. The van der Waals surface area contributed by atoms with Crippen molar-refractivity contribution in [3.8, 4) is 0 Å². The van der Waals surface area contributed by atoms with E-state index in [1.807, 2.05) is 0 Å². The summed E-state index contributed by atoms with van der Waals surface area (Å²) in [6.07, 6.45) is 7.62. The SMILES string of the molecule is PCCCCC(Cc1ccccc1)Cc1ccccc1. The number of benzene rings is 2. The number of unbranched alkanes of at least 4 members (excludes halogenated alkanes) is 1. The highest BCUT2D eigenvalue weighted by atomic mass is 31.0. The van der Waals surface area contributed by atoms with E-state index in [1.165, 1.54) is 49.4 Å². The molecule has 0 aliphatic rings. The number of hydrogen-bond acceptors (Lipinski definition) is 0. The Morgan fingerprint density at radius 3 is 1.65 bits per heavy atom. The minimum absolute atomic E-state index is 0.761. The van der Waals surface area contributed by atoms with E-state index >= 15 is 0 Å². The van der Waals surface area contributed by atoms with E-state index in [0.717, 1.165) is 5.92 Å². The quantitative estimate of drug-likeness (QED) is 0.465. The van der Waals surface area contributed by atoms with Crippen LogP contribution in [0.5, 0.6) is 0 Å². The van der Waals surface area contributed by atoms with Crippen molar-refractivity contribution < 1.29 is 0 Å². The van der Waals surface area contributed by atoms with Crippen LogP contribution in [0.15, 0.2) is 60.7 Å². The minimum Gasteiger partial charge on any atom is -0.138 e. The van der Waals surface area contributed by atoms with Crippen LogP contribution in [0.3, 0.4) is 0 Å². The normalized spacial score (nSPS) is 10.9. The largest absolute Gasteiger partial charge is 0.138 e. The molecule has 0 aliphatic carbocycles. The van der Waals surface area contributed by atoms with Crippen LogP contribution in [0.25, 0.3) is 0 Å². The highest BCUT2D eigenvalue weighted by molar-refractivity contribution is 7.16. The number of hydrogen-bond donors (Lipinski definition) is 0. The molecule has 0 heterocycles. The second-order valence-electron chi connectivity index (χ2n) is 5.53. The molecule has 0 saturated carbocycles. The molecule has 0 bridgehead atoms. The van der Waals surface area contributed by atoms with Crippen molar-refractivity contribution in [2.24, 2.45) is 5.92 Å². The lowest BCUT2D eigenvalue weighted by Crippen LogP contribution is -2.09. The van der Waals surface area contributed by atoms with Gasteiger partial charge in [0.05, 0.1) is 0 Å². The van der Waals surface area contributed by atoms with E-state index < -0.39 is 0 Å². The highest BCUT2D eigenvalue weighted by Gasteiger charge is 2.10. The van der Waals surface area contributed by atoms with E-state index in [-0.39, 0.29) is 0 Å². The van der Waals surface area contributed by atoms with Gasteiger partial charge in [0.2, 0.25) is 0 Å². The molecule has 0 N–H and O–H groups in total. The Kier molecular flexibility index (Phi) is 6.81. The third-order valence-corrected chi connectivity index (χ3v) is 4.21. The maximum absolute atomic E-state index is 2.84. The van der Waals surface area contributed by atoms with Crippen LogP contribution >= 0.6 is 9.24 Å². The van der Waals surface area contributed by atoms with Gasteiger partial charge in [0.25, 0.3) is 0 Å². The van der Waals surface area contributed by atoms with Crippen LogP contribution in [-0.4, -0.2) is 6.16 Å². The van der Waals surface area contributed by atoms with Gasteiger partial charge in [-0.3, -0.25) is 0 Å². The molecule has 2 aromatic carbocycles. The molecule has 106 valence electrons. The summed E-state index contributed by atoms with van der Waals surface area (Å²) in [5, 5.41) is 0. The summed E-state index contributed by atoms with van der Waals surface area (Å²) in [5.74, 6) is 0.761. The summed E-state index contributed by atoms with van der Waals surface area (Å²) in [7, 11) is 2.84. The van der Waals surface area contributed by atoms with Crippen molar-refractivity contribution in [3.63, 3.8) is 0 Å². The molecule has 0 radical (unpaired) electrons. The monoisotopic (exact) mass is 284 g/mol. The van der Waals surface area contributed by atoms with Gasteiger partial charge in [0, 0.05) is 0 Å². The van der Waals surface area contributed by atoms with Crippen molar-refractivity contribution in [2.45, 2.75) is 32.1 Å². The van der Waals surface area contributed by atoms with Gasteiger partial charge in [-0.25, -0.2) is 0 Å². The van der Waals surface area contributed by atoms with Crippen LogP contribution in [0.2, 0.25) is 0 Å². The molecule has 0 fully saturated rings. The van der Waals surface area contributed by atoms with Gasteiger partial charge in [0.1, 0.15) is 0 Å². The standard InChI is InChI=1S/C19H25P/c20-14-8-7-13-19(15-17-9-3-1-4-10-17)16-18-11-5-2-6-12-18/h1-6,9-12,19H,7-8,13-16,20H2. The molecular weight excluding hydrogens is 259 g/mol. The molecule has 2 aromatic rings. The predicted molar refractivity (Wildman–Crippen MR) is 92.2 cm³/mol. The fourth-order valence-corrected chi connectivity index (χ4v) is 3.04. The van der Waals surface area contributed by atoms with E-state index in [2.05, 4.69) is 69.9 Å². The van der Waals surface area contributed by atoms with E-state index in [1.54, 1.807) is 0 Å². The van der Waals surface area contributed by atoms with Gasteiger partial charge in [0.15, 0.2) is 0 Å². The van der Waals surface area contributed by atoms with Crippen LogP contribution < -0.4 is 0 Å². The smallest absolute Gasteiger partial charge is 0.0247 e. The van der Waals surface area contributed by atoms with Crippen LogP contribution in [0.4, 0.5) is 0 Å². The van der Waals surface area contributed by atoms with Gasteiger partial charge in [-0.15, -0.1) is 9.24 Å². The van der Waals surface area contributed by atoms with Gasteiger partial charge in [-0.05, 0) is 48.9 Å². The summed E-state index contributed by atoms with van der Waals surface area (Å²) in [6.45, 7) is 0.